The molecule has 29 heavy (non-hydrogen) atoms. The van der Waals surface area contributed by atoms with E-state index in [1.165, 1.54) is 0 Å². The first-order valence-corrected chi connectivity index (χ1v) is 10.1. The number of nitrogens with zero attached hydrogens (tertiary/aromatic N) is 3. The van der Waals surface area contributed by atoms with Gasteiger partial charge in [-0.05, 0) is 18.2 Å². The van der Waals surface area contributed by atoms with Crippen LogP contribution in [0, 0.1) is 0 Å². The number of benzene rings is 2. The number of carbonyl (C=O) groups excluding carboxylic acids is 1. The fourth-order valence-electron chi connectivity index (χ4n) is 2.82. The van der Waals surface area contributed by atoms with Gasteiger partial charge in [-0.25, -0.2) is 4.98 Å². The van der Waals surface area contributed by atoms with Gasteiger partial charge in [0.1, 0.15) is 17.4 Å². The first-order valence-electron chi connectivity index (χ1n) is 9.26. The molecule has 0 saturated carbocycles. The van der Waals surface area contributed by atoms with Crippen LogP contribution in [0.3, 0.4) is 0 Å². The van der Waals surface area contributed by atoms with Crippen molar-refractivity contribution in [2.75, 3.05) is 11.9 Å². The van der Waals surface area contributed by atoms with E-state index >= 15 is 0 Å². The van der Waals surface area contributed by atoms with Crippen molar-refractivity contribution in [1.82, 2.24) is 14.8 Å². The van der Waals surface area contributed by atoms with Crippen molar-refractivity contribution < 1.29 is 9.53 Å². The average molecular weight is 404 g/mol. The summed E-state index contributed by atoms with van der Waals surface area (Å²) in [7, 11) is 0. The van der Waals surface area contributed by atoms with E-state index in [1.54, 1.807) is 17.5 Å². The van der Waals surface area contributed by atoms with Crippen molar-refractivity contribution in [1.29, 1.82) is 0 Å². The third-order valence-electron chi connectivity index (χ3n) is 4.18. The molecule has 1 N–H and O–H groups in total. The quantitative estimate of drug-likeness (QED) is 0.476. The summed E-state index contributed by atoms with van der Waals surface area (Å²) in [6, 6.07) is 19.2. The molecule has 4 rings (SSSR count). The summed E-state index contributed by atoms with van der Waals surface area (Å²) in [5, 5.41) is 9.90. The van der Waals surface area contributed by atoms with Crippen LogP contribution in [0.5, 0.6) is 5.75 Å². The Morgan fingerprint density at radius 2 is 2.00 bits per heavy atom. The highest BCUT2D eigenvalue weighted by molar-refractivity contribution is 7.13. The minimum Gasteiger partial charge on any atom is -0.492 e. The van der Waals surface area contributed by atoms with E-state index in [0.29, 0.717) is 24.6 Å². The Morgan fingerprint density at radius 3 is 2.83 bits per heavy atom. The molecule has 146 valence electrons. The fourth-order valence-corrected chi connectivity index (χ4v) is 3.65. The normalized spacial score (nSPS) is 10.6. The van der Waals surface area contributed by atoms with Gasteiger partial charge in [-0.1, -0.05) is 36.4 Å². The van der Waals surface area contributed by atoms with E-state index in [9.17, 15) is 4.79 Å². The van der Waals surface area contributed by atoms with E-state index in [4.69, 9.17) is 4.74 Å². The summed E-state index contributed by atoms with van der Waals surface area (Å²) < 4.78 is 7.56. The van der Waals surface area contributed by atoms with Gasteiger partial charge in [-0.2, -0.15) is 5.10 Å². The second-order valence-electron chi connectivity index (χ2n) is 6.38. The van der Waals surface area contributed by atoms with E-state index in [-0.39, 0.29) is 12.3 Å². The van der Waals surface area contributed by atoms with Crippen LogP contribution in [0.1, 0.15) is 5.69 Å². The largest absolute Gasteiger partial charge is 0.492 e. The van der Waals surface area contributed by atoms with Crippen molar-refractivity contribution in [2.45, 2.75) is 13.0 Å². The maximum absolute atomic E-state index is 12.4. The van der Waals surface area contributed by atoms with Crippen LogP contribution in [0.15, 0.2) is 78.4 Å². The molecule has 2 heterocycles. The van der Waals surface area contributed by atoms with Gasteiger partial charge in [-0.15, -0.1) is 11.3 Å². The lowest BCUT2D eigenvalue weighted by Gasteiger charge is -2.09. The van der Waals surface area contributed by atoms with Crippen LogP contribution in [-0.4, -0.2) is 27.3 Å². The molecule has 6 nitrogen and oxygen atoms in total. The number of ether oxygens (including phenoxy) is 1. The van der Waals surface area contributed by atoms with Crippen molar-refractivity contribution in [3.05, 3.63) is 84.1 Å². The van der Waals surface area contributed by atoms with Gasteiger partial charge in [0.2, 0.25) is 5.91 Å². The van der Waals surface area contributed by atoms with Crippen LogP contribution in [0.25, 0.3) is 10.6 Å². The molecule has 0 saturated heterocycles. The summed E-state index contributed by atoms with van der Waals surface area (Å²) in [6.07, 6.45) is 3.86. The Labute approximate surface area is 172 Å². The first-order chi connectivity index (χ1) is 14.3. The highest BCUT2D eigenvalue weighted by Gasteiger charge is 2.10. The second-order valence-corrected chi connectivity index (χ2v) is 7.24. The Balaban J connectivity index is 1.31. The lowest BCUT2D eigenvalue weighted by molar-refractivity contribution is -0.115. The molecule has 0 unspecified atom stereocenters. The van der Waals surface area contributed by atoms with Crippen LogP contribution in [0.4, 0.5) is 5.69 Å². The van der Waals surface area contributed by atoms with E-state index in [0.717, 1.165) is 16.3 Å². The van der Waals surface area contributed by atoms with E-state index < -0.39 is 0 Å². The molecule has 0 aliphatic carbocycles. The molecule has 2 aromatic heterocycles. The molecule has 0 aliphatic heterocycles. The fraction of sp³-hybridized carbons (Fsp3) is 0.136. The number of thiazole rings is 1. The molecule has 0 aliphatic rings. The van der Waals surface area contributed by atoms with Crippen LogP contribution in [-0.2, 0) is 17.8 Å². The van der Waals surface area contributed by atoms with Gasteiger partial charge in [0.25, 0.3) is 0 Å². The van der Waals surface area contributed by atoms with Crippen molar-refractivity contribution >= 4 is 22.9 Å². The zero-order chi connectivity index (χ0) is 19.9. The molecule has 0 radical (unpaired) electrons. The average Bonchev–Trinajstić information content (AvgIpc) is 3.41. The number of aromatic nitrogens is 3. The SMILES string of the molecule is O=C(Cc1csc(-c2ccccc2)n1)Nc1cccc(OCCn2cccn2)c1. The minimum atomic E-state index is -0.108. The Bertz CT molecular complexity index is 1060. The number of nitrogens with one attached hydrogen (secondary N) is 1. The molecular weight excluding hydrogens is 384 g/mol. The topological polar surface area (TPSA) is 69.0 Å². The smallest absolute Gasteiger partial charge is 0.230 e. The van der Waals surface area contributed by atoms with Crippen LogP contribution in [0.2, 0.25) is 0 Å². The third kappa shape index (κ3) is 5.30. The van der Waals surface area contributed by atoms with Crippen molar-refractivity contribution in [3.8, 4) is 16.3 Å². The second kappa shape index (κ2) is 9.16. The Morgan fingerprint density at radius 1 is 1.10 bits per heavy atom. The molecule has 0 bridgehead atoms. The van der Waals surface area contributed by atoms with Crippen molar-refractivity contribution in [2.24, 2.45) is 0 Å². The Kier molecular flexibility index (Phi) is 5.97. The summed E-state index contributed by atoms with van der Waals surface area (Å²) in [6.45, 7) is 1.16. The predicted molar refractivity (Wildman–Crippen MR) is 114 cm³/mol. The molecular formula is C22H20N4O2S. The van der Waals surface area contributed by atoms with Gasteiger partial charge in [0.05, 0.1) is 18.7 Å². The number of carbonyl (C=O) groups is 1. The maximum Gasteiger partial charge on any atom is 0.230 e. The number of hydrogen-bond donors (Lipinski definition) is 1. The standard InChI is InChI=1S/C22H20N4O2S/c27-21(15-19-16-29-22(25-19)17-6-2-1-3-7-17)24-18-8-4-9-20(14-18)28-13-12-26-11-5-10-23-26/h1-11,14,16H,12-13,15H2,(H,24,27). The molecule has 7 heteroatoms. The zero-order valence-corrected chi connectivity index (χ0v) is 16.5. The van der Waals surface area contributed by atoms with Gasteiger partial charge in [-0.3, -0.25) is 9.48 Å². The van der Waals surface area contributed by atoms with Gasteiger partial charge >= 0.3 is 0 Å². The lowest BCUT2D eigenvalue weighted by atomic mass is 10.2. The number of amides is 1. The summed E-state index contributed by atoms with van der Waals surface area (Å²) in [5.41, 5.74) is 2.52. The van der Waals surface area contributed by atoms with Gasteiger partial charge in [0.15, 0.2) is 0 Å². The molecule has 0 fully saturated rings. The zero-order valence-electron chi connectivity index (χ0n) is 15.7. The van der Waals surface area contributed by atoms with Gasteiger partial charge in [0, 0.05) is 35.1 Å². The highest BCUT2D eigenvalue weighted by Crippen LogP contribution is 2.24. The number of hydrogen-bond acceptors (Lipinski definition) is 5. The summed E-state index contributed by atoms with van der Waals surface area (Å²) in [5.74, 6) is 0.596. The molecule has 1 amide bonds. The first kappa shape index (κ1) is 18.9. The molecule has 0 atom stereocenters. The highest BCUT2D eigenvalue weighted by atomic mass is 32.1. The maximum atomic E-state index is 12.4. The Hall–Kier alpha value is -3.45. The number of anilines is 1. The third-order valence-corrected chi connectivity index (χ3v) is 5.12. The van der Waals surface area contributed by atoms with Gasteiger partial charge < -0.3 is 10.1 Å². The molecule has 4 aromatic rings. The number of rotatable bonds is 8. The lowest BCUT2D eigenvalue weighted by Crippen LogP contribution is -2.14. The van der Waals surface area contributed by atoms with E-state index in [1.807, 2.05) is 76.9 Å². The molecule has 2 aromatic carbocycles. The van der Waals surface area contributed by atoms with Crippen LogP contribution < -0.4 is 10.1 Å². The monoisotopic (exact) mass is 404 g/mol. The summed E-state index contributed by atoms with van der Waals surface area (Å²) >= 11 is 1.54. The summed E-state index contributed by atoms with van der Waals surface area (Å²) in [4.78, 5) is 17.0. The molecule has 0 spiro atoms. The van der Waals surface area contributed by atoms with Crippen LogP contribution >= 0.6 is 11.3 Å². The predicted octanol–water partition coefficient (Wildman–Crippen LogP) is 4.27. The minimum absolute atomic E-state index is 0.108. The van der Waals surface area contributed by atoms with Crippen molar-refractivity contribution in [3.63, 3.8) is 0 Å². The van der Waals surface area contributed by atoms with E-state index in [2.05, 4.69) is 15.4 Å².